The monoisotopic (exact) mass is 427 g/mol. The van der Waals surface area contributed by atoms with Crippen LogP contribution in [0.15, 0.2) is 35.7 Å². The summed E-state index contributed by atoms with van der Waals surface area (Å²) < 4.78 is 27.0. The molecule has 0 spiro atoms. The van der Waals surface area contributed by atoms with Crippen molar-refractivity contribution in [3.05, 3.63) is 52.6 Å². The van der Waals surface area contributed by atoms with E-state index < -0.39 is 10.0 Å². The van der Waals surface area contributed by atoms with Crippen molar-refractivity contribution in [2.45, 2.75) is 26.7 Å². The van der Waals surface area contributed by atoms with Crippen molar-refractivity contribution in [2.24, 2.45) is 0 Å². The molecule has 0 bridgehead atoms. The first kappa shape index (κ1) is 20.8. The third kappa shape index (κ3) is 4.82. The van der Waals surface area contributed by atoms with Gasteiger partial charge in [0.05, 0.1) is 0 Å². The van der Waals surface area contributed by atoms with Gasteiger partial charge < -0.3 is 9.80 Å². The van der Waals surface area contributed by atoms with E-state index in [0.29, 0.717) is 32.1 Å². The van der Waals surface area contributed by atoms with Crippen LogP contribution in [-0.2, 0) is 10.0 Å². The quantitative estimate of drug-likeness (QED) is 0.731. The Morgan fingerprint density at radius 1 is 0.867 bits per heavy atom. The molecule has 0 aliphatic carbocycles. The van der Waals surface area contributed by atoms with Gasteiger partial charge in [-0.3, -0.25) is 0 Å². The maximum atomic E-state index is 12.7. The van der Waals surface area contributed by atoms with Gasteiger partial charge in [-0.15, -0.1) is 0 Å². The summed E-state index contributed by atoms with van der Waals surface area (Å²) in [5, 5.41) is 1.31. The molecule has 30 heavy (non-hydrogen) atoms. The Kier molecular flexibility index (Phi) is 6.06. The van der Waals surface area contributed by atoms with E-state index in [4.69, 9.17) is 4.98 Å². The van der Waals surface area contributed by atoms with Gasteiger partial charge in [-0.2, -0.15) is 9.29 Å². The zero-order valence-corrected chi connectivity index (χ0v) is 18.5. The number of aromatic nitrogens is 2. The van der Waals surface area contributed by atoms with E-state index in [-0.39, 0.29) is 0 Å². The summed E-state index contributed by atoms with van der Waals surface area (Å²) in [7, 11) is -3.45. The summed E-state index contributed by atoms with van der Waals surface area (Å²) in [4.78, 5) is 13.8. The second kappa shape index (κ2) is 8.73. The number of aryl methyl sites for hydroxylation is 2. The smallest absolute Gasteiger partial charge is 0.236 e. The Morgan fingerprint density at radius 2 is 1.53 bits per heavy atom. The van der Waals surface area contributed by atoms with Crippen molar-refractivity contribution in [3.8, 4) is 0 Å². The van der Waals surface area contributed by atoms with E-state index in [1.807, 2.05) is 44.2 Å². The fourth-order valence-electron chi connectivity index (χ4n) is 3.86. The molecule has 160 valence electrons. The van der Waals surface area contributed by atoms with Crippen LogP contribution < -0.4 is 9.80 Å². The van der Waals surface area contributed by atoms with Gasteiger partial charge >= 0.3 is 0 Å². The highest BCUT2D eigenvalue weighted by molar-refractivity contribution is 7.92. The largest absolute Gasteiger partial charge is 0.356 e. The Bertz CT molecular complexity index is 1010. The first-order chi connectivity index (χ1) is 14.4. The topological polar surface area (TPSA) is 69.6 Å². The van der Waals surface area contributed by atoms with Gasteiger partial charge in [-0.1, -0.05) is 29.8 Å². The molecule has 0 unspecified atom stereocenters. The van der Waals surface area contributed by atoms with Gasteiger partial charge in [0.1, 0.15) is 5.82 Å². The number of hydrogen-bond acceptors (Lipinski definition) is 6. The number of anilines is 2. The number of hydrogen-bond donors (Lipinski definition) is 0. The van der Waals surface area contributed by atoms with E-state index in [2.05, 4.69) is 14.8 Å². The molecule has 0 N–H and O–H groups in total. The highest BCUT2D eigenvalue weighted by Gasteiger charge is 2.27. The summed E-state index contributed by atoms with van der Waals surface area (Å²) in [6.45, 7) is 8.09. The van der Waals surface area contributed by atoms with Crippen molar-refractivity contribution in [1.29, 1.82) is 0 Å². The number of piperazine rings is 1. The van der Waals surface area contributed by atoms with Gasteiger partial charge in [0.25, 0.3) is 0 Å². The lowest BCUT2D eigenvalue weighted by Crippen LogP contribution is -2.48. The zero-order chi connectivity index (χ0) is 21.1. The summed E-state index contributed by atoms with van der Waals surface area (Å²) in [5.41, 5.74) is 2.97. The first-order valence-electron chi connectivity index (χ1n) is 10.5. The Balaban J connectivity index is 1.41. The van der Waals surface area contributed by atoms with Crippen LogP contribution in [0, 0.1) is 13.8 Å². The Morgan fingerprint density at radius 3 is 2.20 bits per heavy atom. The standard InChI is InChI=1S/C22H29N5O2S/c1-18-5-7-20(8-6-18)9-16-30(28,29)27-14-12-26(13-15-27)22-23-19(2)17-21(24-22)25-10-3-4-11-25/h5-9,16-17H,3-4,10-15H2,1-2H3/b16-9+. The van der Waals surface area contributed by atoms with Crippen molar-refractivity contribution < 1.29 is 8.42 Å². The van der Waals surface area contributed by atoms with Crippen molar-refractivity contribution >= 4 is 27.9 Å². The van der Waals surface area contributed by atoms with Crippen molar-refractivity contribution in [2.75, 3.05) is 49.1 Å². The number of nitrogens with zero attached hydrogens (tertiary/aromatic N) is 5. The molecule has 2 saturated heterocycles. The third-order valence-corrected chi connectivity index (χ3v) is 7.22. The average Bonchev–Trinajstić information content (AvgIpc) is 3.28. The molecule has 1 aromatic heterocycles. The van der Waals surface area contributed by atoms with Gasteiger partial charge in [0.2, 0.25) is 16.0 Å². The lowest BCUT2D eigenvalue weighted by molar-refractivity contribution is 0.387. The third-order valence-electron chi connectivity index (χ3n) is 5.65. The fraction of sp³-hybridized carbons (Fsp3) is 0.455. The highest BCUT2D eigenvalue weighted by Crippen LogP contribution is 2.22. The van der Waals surface area contributed by atoms with Crippen LogP contribution in [0.2, 0.25) is 0 Å². The predicted octanol–water partition coefficient (Wildman–Crippen LogP) is 2.82. The molecule has 2 aliphatic heterocycles. The van der Waals surface area contributed by atoms with E-state index in [0.717, 1.165) is 35.7 Å². The number of sulfonamides is 1. The SMILES string of the molecule is Cc1ccc(/C=C/S(=O)(=O)N2CCN(c3nc(C)cc(N4CCCC4)n3)CC2)cc1. The lowest BCUT2D eigenvalue weighted by atomic mass is 10.2. The minimum absolute atomic E-state index is 0.428. The number of rotatable bonds is 5. The maximum Gasteiger partial charge on any atom is 0.236 e. The molecule has 2 aliphatic rings. The number of benzene rings is 1. The van der Waals surface area contributed by atoms with Gasteiger partial charge in [0.15, 0.2) is 0 Å². The average molecular weight is 428 g/mol. The van der Waals surface area contributed by atoms with E-state index >= 15 is 0 Å². The molecule has 0 saturated carbocycles. The van der Waals surface area contributed by atoms with Crippen LogP contribution in [0.1, 0.15) is 29.7 Å². The van der Waals surface area contributed by atoms with E-state index in [9.17, 15) is 8.42 Å². The molecule has 2 aromatic rings. The molecule has 4 rings (SSSR count). The van der Waals surface area contributed by atoms with E-state index in [1.54, 1.807) is 6.08 Å². The van der Waals surface area contributed by atoms with Gasteiger partial charge in [0, 0.05) is 56.4 Å². The highest BCUT2D eigenvalue weighted by atomic mass is 32.2. The van der Waals surface area contributed by atoms with Gasteiger partial charge in [-0.05, 0) is 38.3 Å². The van der Waals surface area contributed by atoms with Crippen LogP contribution in [0.5, 0.6) is 0 Å². The van der Waals surface area contributed by atoms with Crippen LogP contribution in [0.4, 0.5) is 11.8 Å². The molecule has 0 radical (unpaired) electrons. The second-order valence-corrected chi connectivity index (χ2v) is 9.82. The van der Waals surface area contributed by atoms with Crippen LogP contribution in [0.3, 0.4) is 0 Å². The second-order valence-electron chi connectivity index (χ2n) is 8.01. The lowest BCUT2D eigenvalue weighted by Gasteiger charge is -2.33. The summed E-state index contributed by atoms with van der Waals surface area (Å²) in [5.74, 6) is 1.68. The fourth-order valence-corrected chi connectivity index (χ4v) is 5.03. The minimum Gasteiger partial charge on any atom is -0.356 e. The van der Waals surface area contributed by atoms with Crippen LogP contribution >= 0.6 is 0 Å². The van der Waals surface area contributed by atoms with Crippen molar-refractivity contribution in [1.82, 2.24) is 14.3 Å². The molecule has 2 fully saturated rings. The molecule has 8 heteroatoms. The molecular weight excluding hydrogens is 398 g/mol. The maximum absolute atomic E-state index is 12.7. The normalized spacial score (nSPS) is 18.5. The first-order valence-corrected chi connectivity index (χ1v) is 12.0. The molecule has 7 nitrogen and oxygen atoms in total. The Hall–Kier alpha value is -2.45. The summed E-state index contributed by atoms with van der Waals surface area (Å²) in [6, 6.07) is 9.83. The van der Waals surface area contributed by atoms with Crippen LogP contribution in [-0.4, -0.2) is 62.0 Å². The summed E-state index contributed by atoms with van der Waals surface area (Å²) in [6.07, 6.45) is 4.06. The zero-order valence-electron chi connectivity index (χ0n) is 17.7. The molecule has 3 heterocycles. The van der Waals surface area contributed by atoms with Crippen LogP contribution in [0.25, 0.3) is 6.08 Å². The van der Waals surface area contributed by atoms with Gasteiger partial charge in [-0.25, -0.2) is 13.4 Å². The minimum atomic E-state index is -3.45. The molecule has 1 aromatic carbocycles. The van der Waals surface area contributed by atoms with E-state index in [1.165, 1.54) is 22.6 Å². The predicted molar refractivity (Wildman–Crippen MR) is 121 cm³/mol. The molecule has 0 amide bonds. The van der Waals surface area contributed by atoms with Crippen molar-refractivity contribution in [3.63, 3.8) is 0 Å². The summed E-state index contributed by atoms with van der Waals surface area (Å²) >= 11 is 0. The molecular formula is C22H29N5O2S. The Labute approximate surface area is 179 Å². The molecule has 0 atom stereocenters.